The van der Waals surface area contributed by atoms with Gasteiger partial charge in [-0.3, -0.25) is 0 Å². The lowest BCUT2D eigenvalue weighted by Gasteiger charge is -2.06. The Morgan fingerprint density at radius 3 is 2.68 bits per heavy atom. The molecule has 0 aliphatic carbocycles. The van der Waals surface area contributed by atoms with Crippen LogP contribution in [0.15, 0.2) is 41.9 Å². The summed E-state index contributed by atoms with van der Waals surface area (Å²) in [6.07, 6.45) is 6.66. The maximum atomic E-state index is 12.9. The van der Waals surface area contributed by atoms with Crippen molar-refractivity contribution in [3.63, 3.8) is 0 Å². The summed E-state index contributed by atoms with van der Waals surface area (Å²) in [5.74, 6) is -0.304. The predicted octanol–water partition coefficient (Wildman–Crippen LogP) is 3.16. The fraction of sp³-hybridized carbons (Fsp3) is 0.375. The Morgan fingerprint density at radius 2 is 2.00 bits per heavy atom. The molecule has 1 aromatic heterocycles. The van der Waals surface area contributed by atoms with Crippen LogP contribution in [0.1, 0.15) is 30.5 Å². The van der Waals surface area contributed by atoms with Crippen LogP contribution in [-0.2, 0) is 11.2 Å². The molecule has 0 aliphatic rings. The van der Waals surface area contributed by atoms with Crippen molar-refractivity contribution in [2.75, 3.05) is 13.2 Å². The molecule has 0 unspecified atom stereocenters. The number of oxime groups is 1. The van der Waals surface area contributed by atoms with Gasteiger partial charge in [-0.05, 0) is 43.4 Å². The molecular formula is C16H20FN3O2. The molecule has 22 heavy (non-hydrogen) atoms. The second-order valence-corrected chi connectivity index (χ2v) is 4.95. The van der Waals surface area contributed by atoms with E-state index in [0.29, 0.717) is 25.3 Å². The summed E-state index contributed by atoms with van der Waals surface area (Å²) < 4.78 is 18.4. The molecule has 0 saturated carbocycles. The average Bonchev–Trinajstić information content (AvgIpc) is 3.05. The smallest absolute Gasteiger partial charge is 0.123 e. The Labute approximate surface area is 128 Å². The number of H-pyrrole nitrogens is 1. The van der Waals surface area contributed by atoms with E-state index in [2.05, 4.69) is 15.1 Å². The number of aromatic amines is 1. The van der Waals surface area contributed by atoms with E-state index in [9.17, 15) is 4.39 Å². The van der Waals surface area contributed by atoms with E-state index in [4.69, 9.17) is 9.94 Å². The zero-order valence-electron chi connectivity index (χ0n) is 12.3. The Balaban J connectivity index is 1.60. The van der Waals surface area contributed by atoms with Gasteiger partial charge in [-0.25, -0.2) is 9.37 Å². The summed E-state index contributed by atoms with van der Waals surface area (Å²) in [5, 5.41) is 12.3. The van der Waals surface area contributed by atoms with E-state index in [-0.39, 0.29) is 5.82 Å². The molecule has 0 aliphatic heterocycles. The predicted molar refractivity (Wildman–Crippen MR) is 81.7 cm³/mol. The Kier molecular flexibility index (Phi) is 6.57. The minimum absolute atomic E-state index is 0.304. The summed E-state index contributed by atoms with van der Waals surface area (Å²) >= 11 is 0. The van der Waals surface area contributed by atoms with Crippen molar-refractivity contribution < 1.29 is 14.3 Å². The first-order valence-electron chi connectivity index (χ1n) is 7.31. The number of aryl methyl sites for hydroxylation is 1. The normalized spacial score (nSPS) is 11.8. The van der Waals surface area contributed by atoms with Gasteiger partial charge in [0.25, 0.3) is 0 Å². The van der Waals surface area contributed by atoms with Crippen molar-refractivity contribution in [1.29, 1.82) is 0 Å². The molecule has 0 atom stereocenters. The third-order valence-electron chi connectivity index (χ3n) is 3.29. The molecule has 1 heterocycles. The SMILES string of the molecule is O/N=C(\CCCOCCCc1cnc[nH]1)c1ccc(F)cc1. The lowest BCUT2D eigenvalue weighted by molar-refractivity contribution is 0.130. The van der Waals surface area contributed by atoms with E-state index in [0.717, 1.165) is 30.5 Å². The van der Waals surface area contributed by atoms with Gasteiger partial charge < -0.3 is 14.9 Å². The van der Waals surface area contributed by atoms with Crippen LogP contribution in [0, 0.1) is 5.82 Å². The number of nitrogens with zero attached hydrogens (tertiary/aromatic N) is 2. The van der Waals surface area contributed by atoms with Gasteiger partial charge in [-0.15, -0.1) is 0 Å². The summed E-state index contributed by atoms with van der Waals surface area (Å²) in [6.45, 7) is 1.28. The summed E-state index contributed by atoms with van der Waals surface area (Å²) in [4.78, 5) is 7.00. The van der Waals surface area contributed by atoms with E-state index in [1.165, 1.54) is 12.1 Å². The molecule has 0 spiro atoms. The van der Waals surface area contributed by atoms with Gasteiger partial charge in [0.15, 0.2) is 0 Å². The first-order chi connectivity index (χ1) is 10.8. The quantitative estimate of drug-likeness (QED) is 0.323. The van der Waals surface area contributed by atoms with Crippen molar-refractivity contribution in [2.24, 2.45) is 5.16 Å². The highest BCUT2D eigenvalue weighted by Gasteiger charge is 2.04. The minimum atomic E-state index is -0.304. The highest BCUT2D eigenvalue weighted by atomic mass is 19.1. The Morgan fingerprint density at radius 1 is 1.23 bits per heavy atom. The second kappa shape index (κ2) is 8.94. The van der Waals surface area contributed by atoms with E-state index in [1.807, 2.05) is 6.20 Å². The van der Waals surface area contributed by atoms with Gasteiger partial charge in [-0.1, -0.05) is 17.3 Å². The fourth-order valence-corrected chi connectivity index (χ4v) is 2.12. The molecule has 118 valence electrons. The molecular weight excluding hydrogens is 285 g/mol. The fourth-order valence-electron chi connectivity index (χ4n) is 2.12. The summed E-state index contributed by atoms with van der Waals surface area (Å²) in [6, 6.07) is 5.92. The number of rotatable bonds is 9. The number of hydrogen-bond donors (Lipinski definition) is 2. The molecule has 0 saturated heterocycles. The molecule has 2 rings (SSSR count). The third kappa shape index (κ3) is 5.29. The number of aromatic nitrogens is 2. The van der Waals surface area contributed by atoms with Crippen molar-refractivity contribution in [3.05, 3.63) is 53.9 Å². The molecule has 5 nitrogen and oxygen atoms in total. The molecule has 0 fully saturated rings. The van der Waals surface area contributed by atoms with Crippen LogP contribution in [0.4, 0.5) is 4.39 Å². The zero-order valence-corrected chi connectivity index (χ0v) is 12.3. The van der Waals surface area contributed by atoms with E-state index >= 15 is 0 Å². The summed E-state index contributed by atoms with van der Waals surface area (Å²) in [7, 11) is 0. The van der Waals surface area contributed by atoms with Crippen LogP contribution in [-0.4, -0.2) is 34.1 Å². The standard InChI is InChI=1S/C16H20FN3O2/c17-14-7-5-13(6-8-14)16(20-21)4-2-10-22-9-1-3-15-11-18-12-19-15/h5-8,11-12,21H,1-4,9-10H2,(H,18,19)/b20-16+. The average molecular weight is 305 g/mol. The van der Waals surface area contributed by atoms with Gasteiger partial charge in [0.2, 0.25) is 0 Å². The number of halogens is 1. The van der Waals surface area contributed by atoms with Crippen molar-refractivity contribution in [2.45, 2.75) is 25.7 Å². The van der Waals surface area contributed by atoms with Gasteiger partial charge in [-0.2, -0.15) is 0 Å². The van der Waals surface area contributed by atoms with Gasteiger partial charge in [0.05, 0.1) is 12.0 Å². The lowest BCUT2D eigenvalue weighted by Crippen LogP contribution is -2.05. The number of hydrogen-bond acceptors (Lipinski definition) is 4. The highest BCUT2D eigenvalue weighted by molar-refractivity contribution is 6.00. The van der Waals surface area contributed by atoms with Crippen LogP contribution in [0.2, 0.25) is 0 Å². The lowest BCUT2D eigenvalue weighted by atomic mass is 10.1. The van der Waals surface area contributed by atoms with Crippen LogP contribution in [0.5, 0.6) is 0 Å². The van der Waals surface area contributed by atoms with Gasteiger partial charge >= 0.3 is 0 Å². The first kappa shape index (κ1) is 16.2. The van der Waals surface area contributed by atoms with Crippen molar-refractivity contribution in [1.82, 2.24) is 9.97 Å². The molecule has 1 aromatic carbocycles. The number of nitrogens with one attached hydrogen (secondary N) is 1. The molecule has 2 aromatic rings. The molecule has 2 N–H and O–H groups in total. The number of imidazole rings is 1. The minimum Gasteiger partial charge on any atom is -0.411 e. The van der Waals surface area contributed by atoms with Crippen molar-refractivity contribution in [3.8, 4) is 0 Å². The van der Waals surface area contributed by atoms with Crippen LogP contribution >= 0.6 is 0 Å². The van der Waals surface area contributed by atoms with Crippen molar-refractivity contribution >= 4 is 5.71 Å². The molecule has 0 bridgehead atoms. The topological polar surface area (TPSA) is 70.5 Å². The van der Waals surface area contributed by atoms with Crippen LogP contribution in [0.25, 0.3) is 0 Å². The second-order valence-electron chi connectivity index (χ2n) is 4.95. The number of ether oxygens (including phenoxy) is 1. The summed E-state index contributed by atoms with van der Waals surface area (Å²) in [5.41, 5.74) is 2.37. The Bertz CT molecular complexity index is 568. The highest BCUT2D eigenvalue weighted by Crippen LogP contribution is 2.09. The molecule has 6 heteroatoms. The van der Waals surface area contributed by atoms with E-state index in [1.54, 1.807) is 18.5 Å². The molecule has 0 radical (unpaired) electrons. The van der Waals surface area contributed by atoms with Crippen LogP contribution < -0.4 is 0 Å². The van der Waals surface area contributed by atoms with E-state index < -0.39 is 0 Å². The largest absolute Gasteiger partial charge is 0.411 e. The monoisotopic (exact) mass is 305 g/mol. The third-order valence-corrected chi connectivity index (χ3v) is 3.29. The maximum Gasteiger partial charge on any atom is 0.123 e. The van der Waals surface area contributed by atoms with Gasteiger partial charge in [0.1, 0.15) is 5.82 Å². The number of benzene rings is 1. The van der Waals surface area contributed by atoms with Crippen LogP contribution in [0.3, 0.4) is 0 Å². The first-order valence-corrected chi connectivity index (χ1v) is 7.31. The van der Waals surface area contributed by atoms with Gasteiger partial charge in [0, 0.05) is 25.1 Å². The molecule has 0 amide bonds. The Hall–Kier alpha value is -2.21. The maximum absolute atomic E-state index is 12.9. The zero-order chi connectivity index (χ0) is 15.6.